The van der Waals surface area contributed by atoms with Crippen molar-refractivity contribution < 1.29 is 9.53 Å². The topological polar surface area (TPSA) is 55.3 Å². The Labute approximate surface area is 143 Å². The number of urea groups is 1. The molecule has 130 valence electrons. The van der Waals surface area contributed by atoms with Gasteiger partial charge in [-0.05, 0) is 24.8 Å². The van der Waals surface area contributed by atoms with Gasteiger partial charge in [0, 0.05) is 31.3 Å². The highest BCUT2D eigenvalue weighted by molar-refractivity contribution is 6.01. The van der Waals surface area contributed by atoms with Gasteiger partial charge in [0.1, 0.15) is 0 Å². The average Bonchev–Trinajstić information content (AvgIpc) is 2.93. The van der Waals surface area contributed by atoms with Gasteiger partial charge >= 0.3 is 6.03 Å². The SMILES string of the molecule is COCCn1cc(NC(=O)N[C@H]2CCCC[C@@H]2C)c2ccccc21. The minimum Gasteiger partial charge on any atom is -0.383 e. The van der Waals surface area contributed by atoms with Gasteiger partial charge in [0.2, 0.25) is 0 Å². The largest absolute Gasteiger partial charge is 0.383 e. The quantitative estimate of drug-likeness (QED) is 0.871. The lowest BCUT2D eigenvalue weighted by Crippen LogP contribution is -2.43. The smallest absolute Gasteiger partial charge is 0.319 e. The number of amides is 2. The van der Waals surface area contributed by atoms with Crippen molar-refractivity contribution in [2.75, 3.05) is 19.0 Å². The number of rotatable bonds is 5. The average molecular weight is 329 g/mol. The van der Waals surface area contributed by atoms with Crippen LogP contribution in [0, 0.1) is 5.92 Å². The number of carbonyl (C=O) groups excluding carboxylic acids is 1. The first-order valence-electron chi connectivity index (χ1n) is 8.83. The standard InChI is InChI=1S/C19H27N3O2/c1-14-7-3-5-9-16(14)20-19(23)21-17-13-22(11-12-24-2)18-10-6-4-8-15(17)18/h4,6,8,10,13-14,16H,3,5,7,9,11-12H2,1-2H3,(H2,20,21,23)/t14-,16-/m0/s1. The van der Waals surface area contributed by atoms with E-state index >= 15 is 0 Å². The molecule has 2 atom stereocenters. The number of para-hydroxylation sites is 1. The molecule has 2 aromatic rings. The van der Waals surface area contributed by atoms with Gasteiger partial charge in [-0.3, -0.25) is 0 Å². The van der Waals surface area contributed by atoms with Crippen molar-refractivity contribution in [2.24, 2.45) is 5.92 Å². The van der Waals surface area contributed by atoms with Gasteiger partial charge in [-0.2, -0.15) is 0 Å². The van der Waals surface area contributed by atoms with Crippen LogP contribution in [0.4, 0.5) is 10.5 Å². The first kappa shape index (κ1) is 16.8. The summed E-state index contributed by atoms with van der Waals surface area (Å²) in [4.78, 5) is 12.4. The van der Waals surface area contributed by atoms with Crippen LogP contribution in [0.3, 0.4) is 0 Å². The van der Waals surface area contributed by atoms with Crippen LogP contribution in [0.1, 0.15) is 32.6 Å². The van der Waals surface area contributed by atoms with Crippen molar-refractivity contribution in [3.63, 3.8) is 0 Å². The van der Waals surface area contributed by atoms with E-state index in [0.717, 1.165) is 29.6 Å². The van der Waals surface area contributed by atoms with E-state index in [4.69, 9.17) is 4.74 Å². The molecule has 5 heteroatoms. The Bertz CT molecular complexity index is 695. The van der Waals surface area contributed by atoms with Crippen molar-refractivity contribution >= 4 is 22.6 Å². The van der Waals surface area contributed by atoms with Crippen LogP contribution in [-0.2, 0) is 11.3 Å². The van der Waals surface area contributed by atoms with Gasteiger partial charge in [-0.1, -0.05) is 38.0 Å². The van der Waals surface area contributed by atoms with Crippen LogP contribution >= 0.6 is 0 Å². The maximum Gasteiger partial charge on any atom is 0.319 e. The number of hydrogen-bond donors (Lipinski definition) is 2. The molecule has 24 heavy (non-hydrogen) atoms. The molecule has 1 heterocycles. The molecule has 1 aromatic carbocycles. The van der Waals surface area contributed by atoms with E-state index < -0.39 is 0 Å². The number of methoxy groups -OCH3 is 1. The molecule has 1 aliphatic carbocycles. The van der Waals surface area contributed by atoms with Gasteiger partial charge in [-0.15, -0.1) is 0 Å². The lowest BCUT2D eigenvalue weighted by atomic mass is 9.86. The number of carbonyl (C=O) groups is 1. The Balaban J connectivity index is 1.73. The Kier molecular flexibility index (Phi) is 5.41. The summed E-state index contributed by atoms with van der Waals surface area (Å²) >= 11 is 0. The molecule has 2 amide bonds. The zero-order valence-electron chi connectivity index (χ0n) is 14.5. The summed E-state index contributed by atoms with van der Waals surface area (Å²) in [5.41, 5.74) is 1.96. The fourth-order valence-corrected chi connectivity index (χ4v) is 3.58. The molecular weight excluding hydrogens is 302 g/mol. The van der Waals surface area contributed by atoms with Crippen molar-refractivity contribution in [1.29, 1.82) is 0 Å². The van der Waals surface area contributed by atoms with E-state index in [1.54, 1.807) is 7.11 Å². The zero-order valence-corrected chi connectivity index (χ0v) is 14.5. The fourth-order valence-electron chi connectivity index (χ4n) is 3.58. The molecule has 3 rings (SSSR count). The molecule has 5 nitrogen and oxygen atoms in total. The fraction of sp³-hybridized carbons (Fsp3) is 0.526. The maximum absolute atomic E-state index is 12.4. The Morgan fingerprint density at radius 2 is 2.08 bits per heavy atom. The summed E-state index contributed by atoms with van der Waals surface area (Å²) < 4.78 is 7.30. The van der Waals surface area contributed by atoms with E-state index in [1.165, 1.54) is 19.3 Å². The molecule has 0 aliphatic heterocycles. The van der Waals surface area contributed by atoms with E-state index in [0.29, 0.717) is 12.5 Å². The molecule has 0 saturated heterocycles. The minimum absolute atomic E-state index is 0.108. The van der Waals surface area contributed by atoms with Crippen LogP contribution in [0.15, 0.2) is 30.5 Å². The Morgan fingerprint density at radius 3 is 2.88 bits per heavy atom. The second-order valence-corrected chi connectivity index (χ2v) is 6.71. The maximum atomic E-state index is 12.4. The minimum atomic E-state index is -0.108. The highest BCUT2D eigenvalue weighted by Gasteiger charge is 2.23. The molecular formula is C19H27N3O2. The molecule has 1 saturated carbocycles. The summed E-state index contributed by atoms with van der Waals surface area (Å²) in [6.45, 7) is 3.63. The normalized spacial score (nSPS) is 20.9. The van der Waals surface area contributed by atoms with Crippen LogP contribution in [0.5, 0.6) is 0 Å². The summed E-state index contributed by atoms with van der Waals surface area (Å²) in [6.07, 6.45) is 6.73. The molecule has 0 radical (unpaired) electrons. The van der Waals surface area contributed by atoms with E-state index in [-0.39, 0.29) is 12.1 Å². The number of nitrogens with one attached hydrogen (secondary N) is 2. The predicted molar refractivity (Wildman–Crippen MR) is 97.4 cm³/mol. The number of ether oxygens (including phenoxy) is 1. The Hall–Kier alpha value is -2.01. The molecule has 0 unspecified atom stereocenters. The van der Waals surface area contributed by atoms with E-state index in [9.17, 15) is 4.79 Å². The molecule has 0 spiro atoms. The number of benzene rings is 1. The van der Waals surface area contributed by atoms with Crippen molar-refractivity contribution in [3.8, 4) is 0 Å². The molecule has 1 aromatic heterocycles. The number of nitrogens with zero attached hydrogens (tertiary/aromatic N) is 1. The number of fused-ring (bicyclic) bond motifs is 1. The molecule has 2 N–H and O–H groups in total. The predicted octanol–water partition coefficient (Wildman–Crippen LogP) is 3.99. The highest BCUT2D eigenvalue weighted by atomic mass is 16.5. The van der Waals surface area contributed by atoms with Gasteiger partial charge in [0.05, 0.1) is 17.8 Å². The third kappa shape index (κ3) is 3.73. The van der Waals surface area contributed by atoms with Crippen LogP contribution in [0.2, 0.25) is 0 Å². The summed E-state index contributed by atoms with van der Waals surface area (Å²) in [5, 5.41) is 7.24. The second kappa shape index (κ2) is 7.71. The van der Waals surface area contributed by atoms with Gasteiger partial charge in [0.15, 0.2) is 0 Å². The Morgan fingerprint density at radius 1 is 1.29 bits per heavy atom. The van der Waals surface area contributed by atoms with Crippen LogP contribution < -0.4 is 10.6 Å². The monoisotopic (exact) mass is 329 g/mol. The second-order valence-electron chi connectivity index (χ2n) is 6.71. The van der Waals surface area contributed by atoms with E-state index in [1.807, 2.05) is 24.4 Å². The summed E-state index contributed by atoms with van der Waals surface area (Å²) in [5.74, 6) is 0.549. The zero-order chi connectivity index (χ0) is 16.9. The summed E-state index contributed by atoms with van der Waals surface area (Å²) in [7, 11) is 1.70. The van der Waals surface area contributed by atoms with Gasteiger partial charge < -0.3 is 19.9 Å². The molecule has 0 bridgehead atoms. The highest BCUT2D eigenvalue weighted by Crippen LogP contribution is 2.27. The van der Waals surface area contributed by atoms with Crippen LogP contribution in [-0.4, -0.2) is 30.4 Å². The lowest BCUT2D eigenvalue weighted by Gasteiger charge is -2.29. The number of anilines is 1. The van der Waals surface area contributed by atoms with E-state index in [2.05, 4.69) is 28.2 Å². The number of hydrogen-bond acceptors (Lipinski definition) is 2. The van der Waals surface area contributed by atoms with Crippen LogP contribution in [0.25, 0.3) is 10.9 Å². The van der Waals surface area contributed by atoms with Gasteiger partial charge in [-0.25, -0.2) is 4.79 Å². The van der Waals surface area contributed by atoms with Crippen molar-refractivity contribution in [3.05, 3.63) is 30.5 Å². The van der Waals surface area contributed by atoms with Crippen molar-refractivity contribution in [1.82, 2.24) is 9.88 Å². The third-order valence-corrected chi connectivity index (χ3v) is 5.00. The first-order valence-corrected chi connectivity index (χ1v) is 8.83. The summed E-state index contributed by atoms with van der Waals surface area (Å²) in [6, 6.07) is 8.28. The van der Waals surface area contributed by atoms with Gasteiger partial charge in [0.25, 0.3) is 0 Å². The molecule has 1 aliphatic rings. The molecule has 1 fully saturated rings. The first-order chi connectivity index (χ1) is 11.7. The third-order valence-electron chi connectivity index (χ3n) is 5.00. The lowest BCUT2D eigenvalue weighted by molar-refractivity contribution is 0.188. The van der Waals surface area contributed by atoms with Crippen molar-refractivity contribution in [2.45, 2.75) is 45.2 Å². The number of aromatic nitrogens is 1.